The highest BCUT2D eigenvalue weighted by molar-refractivity contribution is 9.10. The Morgan fingerprint density at radius 1 is 1.57 bits per heavy atom. The normalized spacial score (nSPS) is 12.1. The summed E-state index contributed by atoms with van der Waals surface area (Å²) < 4.78 is 1.05. The first kappa shape index (κ1) is 11.6. The summed E-state index contributed by atoms with van der Waals surface area (Å²) in [5.41, 5.74) is 2.39. The number of aryl methyl sites for hydroxylation is 1. The molecule has 1 atom stereocenters. The fourth-order valence-corrected chi connectivity index (χ4v) is 1.85. The molecule has 1 aromatic carbocycles. The third kappa shape index (κ3) is 3.01. The topological polar surface area (TPSA) is 23.8 Å². The van der Waals surface area contributed by atoms with E-state index in [0.29, 0.717) is 5.88 Å². The predicted octanol–water partition coefficient (Wildman–Crippen LogP) is 3.68. The summed E-state index contributed by atoms with van der Waals surface area (Å²) in [7, 11) is 0. The average Bonchev–Trinajstić information content (AvgIpc) is 2.19. The lowest BCUT2D eigenvalue weighted by Crippen LogP contribution is -2.04. The molecular weight excluding hydrogens is 261 g/mol. The number of halogens is 2. The SMILES string of the molecule is Cc1ccc(Br)cc1CC(C#N)CCl. The minimum Gasteiger partial charge on any atom is -0.198 e. The van der Waals surface area contributed by atoms with Crippen LogP contribution in [-0.2, 0) is 6.42 Å². The van der Waals surface area contributed by atoms with Crippen LogP contribution in [0.5, 0.6) is 0 Å². The van der Waals surface area contributed by atoms with Gasteiger partial charge >= 0.3 is 0 Å². The largest absolute Gasteiger partial charge is 0.198 e. The molecule has 0 aliphatic heterocycles. The van der Waals surface area contributed by atoms with Crippen molar-refractivity contribution in [1.29, 1.82) is 5.26 Å². The second kappa shape index (κ2) is 5.38. The van der Waals surface area contributed by atoms with Crippen LogP contribution in [0.15, 0.2) is 22.7 Å². The van der Waals surface area contributed by atoms with E-state index in [9.17, 15) is 0 Å². The molecular formula is C11H11BrClN. The number of rotatable bonds is 3. The monoisotopic (exact) mass is 271 g/mol. The van der Waals surface area contributed by atoms with Crippen molar-refractivity contribution in [3.63, 3.8) is 0 Å². The fraction of sp³-hybridized carbons (Fsp3) is 0.364. The third-order valence-electron chi connectivity index (χ3n) is 2.15. The van der Waals surface area contributed by atoms with E-state index in [1.807, 2.05) is 25.1 Å². The van der Waals surface area contributed by atoms with Crippen molar-refractivity contribution in [3.05, 3.63) is 33.8 Å². The molecule has 74 valence electrons. The molecule has 1 nitrogen and oxygen atoms in total. The lowest BCUT2D eigenvalue weighted by atomic mass is 9.98. The molecule has 0 N–H and O–H groups in total. The maximum atomic E-state index is 8.80. The number of hydrogen-bond acceptors (Lipinski definition) is 1. The van der Waals surface area contributed by atoms with Gasteiger partial charge in [0.2, 0.25) is 0 Å². The van der Waals surface area contributed by atoms with Gasteiger partial charge in [0, 0.05) is 10.4 Å². The van der Waals surface area contributed by atoms with Gasteiger partial charge < -0.3 is 0 Å². The Kier molecular flexibility index (Phi) is 4.44. The first-order valence-corrected chi connectivity index (χ1v) is 5.70. The van der Waals surface area contributed by atoms with Gasteiger partial charge in [-0.25, -0.2) is 0 Å². The Bertz CT molecular complexity index is 357. The second-order valence-corrected chi connectivity index (χ2v) is 4.48. The maximum Gasteiger partial charge on any atom is 0.0671 e. The van der Waals surface area contributed by atoms with Crippen LogP contribution in [0.25, 0.3) is 0 Å². The number of benzene rings is 1. The van der Waals surface area contributed by atoms with Crippen molar-refractivity contribution >= 4 is 27.5 Å². The van der Waals surface area contributed by atoms with Gasteiger partial charge in [-0.1, -0.05) is 22.0 Å². The van der Waals surface area contributed by atoms with Crippen molar-refractivity contribution < 1.29 is 0 Å². The summed E-state index contributed by atoms with van der Waals surface area (Å²) in [6, 6.07) is 8.29. The first-order chi connectivity index (χ1) is 6.67. The zero-order valence-corrected chi connectivity index (χ0v) is 10.3. The minimum absolute atomic E-state index is 0.0929. The number of alkyl halides is 1. The molecule has 0 bridgehead atoms. The molecule has 0 amide bonds. The molecule has 3 heteroatoms. The molecule has 1 unspecified atom stereocenters. The zero-order valence-electron chi connectivity index (χ0n) is 7.93. The molecule has 0 saturated heterocycles. The van der Waals surface area contributed by atoms with E-state index in [1.54, 1.807) is 0 Å². The van der Waals surface area contributed by atoms with E-state index in [1.165, 1.54) is 11.1 Å². The molecule has 1 aromatic rings. The number of nitriles is 1. The Balaban J connectivity index is 2.86. The standard InChI is InChI=1S/C11H11BrClN/c1-8-2-3-11(12)5-10(8)4-9(6-13)7-14/h2-3,5,9H,4,6H2,1H3. The van der Waals surface area contributed by atoms with E-state index in [0.717, 1.165) is 10.9 Å². The first-order valence-electron chi connectivity index (χ1n) is 4.38. The summed E-state index contributed by atoms with van der Waals surface area (Å²) in [5.74, 6) is 0.298. The molecule has 0 spiro atoms. The Morgan fingerprint density at radius 2 is 2.29 bits per heavy atom. The molecule has 0 aliphatic carbocycles. The van der Waals surface area contributed by atoms with Gasteiger partial charge in [-0.05, 0) is 36.6 Å². The quantitative estimate of drug-likeness (QED) is 0.770. The lowest BCUT2D eigenvalue weighted by Gasteiger charge is -2.08. The molecule has 0 fully saturated rings. The van der Waals surface area contributed by atoms with Gasteiger partial charge in [0.1, 0.15) is 0 Å². The fourth-order valence-electron chi connectivity index (χ4n) is 1.26. The van der Waals surface area contributed by atoms with Crippen molar-refractivity contribution in [2.24, 2.45) is 5.92 Å². The molecule has 0 aliphatic rings. The third-order valence-corrected chi connectivity index (χ3v) is 3.01. The smallest absolute Gasteiger partial charge is 0.0671 e. The summed E-state index contributed by atoms with van der Waals surface area (Å²) >= 11 is 9.09. The van der Waals surface area contributed by atoms with E-state index < -0.39 is 0 Å². The molecule has 0 radical (unpaired) electrons. The van der Waals surface area contributed by atoms with E-state index in [2.05, 4.69) is 22.0 Å². The van der Waals surface area contributed by atoms with Crippen molar-refractivity contribution in [3.8, 4) is 6.07 Å². The summed E-state index contributed by atoms with van der Waals surface area (Å²) in [4.78, 5) is 0. The van der Waals surface area contributed by atoms with Crippen LogP contribution in [0.4, 0.5) is 0 Å². The van der Waals surface area contributed by atoms with Crippen LogP contribution < -0.4 is 0 Å². The van der Waals surface area contributed by atoms with Gasteiger partial charge in [0.15, 0.2) is 0 Å². The highest BCUT2D eigenvalue weighted by Crippen LogP contribution is 2.19. The van der Waals surface area contributed by atoms with Crippen LogP contribution in [-0.4, -0.2) is 5.88 Å². The Hall–Kier alpha value is -0.520. The Labute approximate surface area is 97.8 Å². The van der Waals surface area contributed by atoms with Gasteiger partial charge in [-0.15, -0.1) is 11.6 Å². The Morgan fingerprint density at radius 3 is 2.86 bits per heavy atom. The summed E-state index contributed by atoms with van der Waals surface area (Å²) in [6.45, 7) is 2.05. The summed E-state index contributed by atoms with van der Waals surface area (Å²) in [5, 5.41) is 8.80. The van der Waals surface area contributed by atoms with Gasteiger partial charge in [-0.3, -0.25) is 0 Å². The number of hydrogen-bond donors (Lipinski definition) is 0. The van der Waals surface area contributed by atoms with Gasteiger partial charge in [-0.2, -0.15) is 5.26 Å². The molecule has 0 aromatic heterocycles. The highest BCUT2D eigenvalue weighted by Gasteiger charge is 2.08. The van der Waals surface area contributed by atoms with Crippen molar-refractivity contribution in [2.45, 2.75) is 13.3 Å². The molecule has 0 saturated carbocycles. The van der Waals surface area contributed by atoms with E-state index in [-0.39, 0.29) is 5.92 Å². The van der Waals surface area contributed by atoms with Crippen molar-refractivity contribution in [2.75, 3.05) is 5.88 Å². The average molecular weight is 273 g/mol. The molecule has 0 heterocycles. The summed E-state index contributed by atoms with van der Waals surface area (Å²) in [6.07, 6.45) is 0.727. The second-order valence-electron chi connectivity index (χ2n) is 3.26. The van der Waals surface area contributed by atoms with Gasteiger partial charge in [0.05, 0.1) is 12.0 Å². The zero-order chi connectivity index (χ0) is 10.6. The van der Waals surface area contributed by atoms with Crippen molar-refractivity contribution in [1.82, 2.24) is 0 Å². The van der Waals surface area contributed by atoms with E-state index in [4.69, 9.17) is 16.9 Å². The molecule has 1 rings (SSSR count). The number of nitrogens with zero attached hydrogens (tertiary/aromatic N) is 1. The molecule has 14 heavy (non-hydrogen) atoms. The van der Waals surface area contributed by atoms with Crippen LogP contribution in [0.3, 0.4) is 0 Å². The van der Waals surface area contributed by atoms with Gasteiger partial charge in [0.25, 0.3) is 0 Å². The van der Waals surface area contributed by atoms with E-state index >= 15 is 0 Å². The lowest BCUT2D eigenvalue weighted by molar-refractivity contribution is 0.742. The van der Waals surface area contributed by atoms with Crippen LogP contribution >= 0.6 is 27.5 Å². The minimum atomic E-state index is -0.0929. The van der Waals surface area contributed by atoms with Crippen LogP contribution in [0, 0.1) is 24.2 Å². The highest BCUT2D eigenvalue weighted by atomic mass is 79.9. The van der Waals surface area contributed by atoms with Crippen LogP contribution in [0.2, 0.25) is 0 Å². The maximum absolute atomic E-state index is 8.80. The van der Waals surface area contributed by atoms with Crippen LogP contribution in [0.1, 0.15) is 11.1 Å². The predicted molar refractivity (Wildman–Crippen MR) is 62.4 cm³/mol.